The van der Waals surface area contributed by atoms with Gasteiger partial charge in [0.05, 0.1) is 0 Å². The zero-order valence-electron chi connectivity index (χ0n) is 26.6. The third kappa shape index (κ3) is 10.3. The molecule has 5 heteroatoms. The van der Waals surface area contributed by atoms with E-state index >= 15 is 0 Å². The van der Waals surface area contributed by atoms with Crippen molar-refractivity contribution in [2.45, 2.75) is 79.6 Å². The second kappa shape index (κ2) is 16.9. The number of nitrogens with zero attached hydrogens (tertiary/aromatic N) is 3. The summed E-state index contributed by atoms with van der Waals surface area (Å²) in [5.41, 5.74) is 7.45. The molecule has 1 aliphatic heterocycles. The highest BCUT2D eigenvalue weighted by Crippen LogP contribution is 2.28. The average molecular weight is 575 g/mol. The smallest absolute Gasteiger partial charge is 0.135 e. The average Bonchev–Trinajstić information content (AvgIpc) is 2.93. The van der Waals surface area contributed by atoms with Gasteiger partial charge in [-0.05, 0) is 79.9 Å². The van der Waals surface area contributed by atoms with E-state index < -0.39 is 0 Å². The van der Waals surface area contributed by atoms with Gasteiger partial charge in [0, 0.05) is 49.9 Å². The van der Waals surface area contributed by atoms with E-state index in [1.807, 2.05) is 19.1 Å². The number of likely N-dealkylation sites (N-methyl/N-ethyl adjacent to an activating group) is 1. The minimum absolute atomic E-state index is 0.422. The fraction of sp³-hybridized carbons (Fsp3) is 0.472. The molecule has 0 amide bonds. The first-order valence-electron chi connectivity index (χ1n) is 15.0. The molecule has 0 spiro atoms. The van der Waals surface area contributed by atoms with E-state index in [1.54, 1.807) is 0 Å². The molecule has 0 saturated heterocycles. The highest BCUT2D eigenvalue weighted by Gasteiger charge is 2.24. The summed E-state index contributed by atoms with van der Waals surface area (Å²) in [7, 11) is 4.21. The molecule has 0 aromatic heterocycles. The van der Waals surface area contributed by atoms with Crippen LogP contribution in [0.15, 0.2) is 77.5 Å². The number of aliphatic imine (C=N–C) groups is 1. The number of hydrogen-bond donors (Lipinski definition) is 1. The normalized spacial score (nSPS) is 14.8. The predicted octanol–water partition coefficient (Wildman–Crippen LogP) is 8.99. The van der Waals surface area contributed by atoms with E-state index in [2.05, 4.69) is 101 Å². The van der Waals surface area contributed by atoms with Crippen LogP contribution in [0, 0.1) is 17.8 Å². The Morgan fingerprint density at radius 3 is 2.61 bits per heavy atom. The predicted molar refractivity (Wildman–Crippen MR) is 181 cm³/mol. The molecule has 1 N–H and O–H groups in total. The van der Waals surface area contributed by atoms with Gasteiger partial charge < -0.3 is 15.1 Å². The van der Waals surface area contributed by atoms with Crippen LogP contribution in [0.4, 0.5) is 0 Å². The van der Waals surface area contributed by atoms with Crippen molar-refractivity contribution in [1.82, 2.24) is 15.1 Å². The van der Waals surface area contributed by atoms with E-state index in [4.69, 9.17) is 16.6 Å². The summed E-state index contributed by atoms with van der Waals surface area (Å²) in [6.07, 6.45) is 9.54. The lowest BCUT2D eigenvalue weighted by Gasteiger charge is -2.36. The van der Waals surface area contributed by atoms with Crippen molar-refractivity contribution in [3.63, 3.8) is 0 Å². The number of aryl methyl sites for hydroxylation is 1. The lowest BCUT2D eigenvalue weighted by atomic mass is 9.95. The SMILES string of the molecule is C=C(CCc1ccc(Cl)cc1C(=C)C)NCCN(C)C1=C(C)C(C#CCC)=N/C(=C/C(=C)C(C)CCCCC)N1C. The number of nitrogens with one attached hydrogen (secondary N) is 1. The van der Waals surface area contributed by atoms with Crippen molar-refractivity contribution < 1.29 is 0 Å². The van der Waals surface area contributed by atoms with E-state index in [0.29, 0.717) is 5.92 Å². The number of hydrogen-bond acceptors (Lipinski definition) is 4. The van der Waals surface area contributed by atoms with Crippen LogP contribution in [-0.2, 0) is 6.42 Å². The molecule has 1 aliphatic rings. The molecule has 1 heterocycles. The molecular formula is C36H51ClN4. The number of benzene rings is 1. The summed E-state index contributed by atoms with van der Waals surface area (Å²) < 4.78 is 0. The number of unbranched alkanes of at least 4 members (excludes halogenated alkanes) is 2. The molecule has 1 aromatic carbocycles. The number of halogens is 1. The molecule has 0 fully saturated rings. The fourth-order valence-corrected chi connectivity index (χ4v) is 5.11. The second-order valence-corrected chi connectivity index (χ2v) is 11.6. The van der Waals surface area contributed by atoms with E-state index in [-0.39, 0.29) is 0 Å². The summed E-state index contributed by atoms with van der Waals surface area (Å²) >= 11 is 6.21. The zero-order valence-corrected chi connectivity index (χ0v) is 27.3. The van der Waals surface area contributed by atoms with Crippen LogP contribution < -0.4 is 5.32 Å². The quantitative estimate of drug-likeness (QED) is 0.167. The third-order valence-electron chi connectivity index (χ3n) is 7.56. The van der Waals surface area contributed by atoms with Crippen LogP contribution in [0.5, 0.6) is 0 Å². The number of allylic oxidation sites excluding steroid dienone is 5. The van der Waals surface area contributed by atoms with Crippen LogP contribution in [0.2, 0.25) is 5.02 Å². The topological polar surface area (TPSA) is 30.9 Å². The van der Waals surface area contributed by atoms with Gasteiger partial charge in [-0.15, -0.1) is 0 Å². The maximum absolute atomic E-state index is 6.21. The van der Waals surface area contributed by atoms with E-state index in [1.165, 1.54) is 24.8 Å². The molecule has 0 saturated carbocycles. The van der Waals surface area contributed by atoms with Crippen LogP contribution >= 0.6 is 11.6 Å². The molecule has 1 unspecified atom stereocenters. The van der Waals surface area contributed by atoms with Gasteiger partial charge in [0.15, 0.2) is 0 Å². The first-order valence-corrected chi connectivity index (χ1v) is 15.4. The van der Waals surface area contributed by atoms with Crippen molar-refractivity contribution >= 4 is 22.9 Å². The molecule has 0 radical (unpaired) electrons. The third-order valence-corrected chi connectivity index (χ3v) is 7.80. The monoisotopic (exact) mass is 574 g/mol. The van der Waals surface area contributed by atoms with Gasteiger partial charge in [-0.1, -0.05) is 88.9 Å². The maximum Gasteiger partial charge on any atom is 0.135 e. The summed E-state index contributed by atoms with van der Waals surface area (Å²) in [5, 5.41) is 4.27. The van der Waals surface area contributed by atoms with Crippen molar-refractivity contribution in [3.8, 4) is 11.8 Å². The molecule has 4 nitrogen and oxygen atoms in total. The van der Waals surface area contributed by atoms with E-state index in [0.717, 1.165) is 89.1 Å². The van der Waals surface area contributed by atoms with Gasteiger partial charge in [-0.25, -0.2) is 4.99 Å². The molecule has 41 heavy (non-hydrogen) atoms. The minimum Gasteiger partial charge on any atom is -0.387 e. The Morgan fingerprint density at radius 2 is 1.95 bits per heavy atom. The molecule has 0 bridgehead atoms. The lowest BCUT2D eigenvalue weighted by Crippen LogP contribution is -2.38. The minimum atomic E-state index is 0.422. The Balaban J connectivity index is 2.09. The highest BCUT2D eigenvalue weighted by molar-refractivity contribution is 6.30. The zero-order chi connectivity index (χ0) is 30.5. The van der Waals surface area contributed by atoms with E-state index in [9.17, 15) is 0 Å². The van der Waals surface area contributed by atoms with Gasteiger partial charge in [-0.3, -0.25) is 0 Å². The first-order chi connectivity index (χ1) is 19.5. The standard InChI is InChI=1S/C36H51ClN4/c1-11-13-15-16-27(5)28(6)24-35-39-34(17-14-12-2)30(8)36(41(35)10)40(9)23-22-38-29(7)18-19-31-20-21-32(37)25-33(31)26(3)4/h20-21,24-25,27,38H,3,6-7,11-13,15-16,18-19,22-23H2,1-2,4-5,8-10H3/b35-24-. The van der Waals surface area contributed by atoms with Crippen molar-refractivity contribution in [2.75, 3.05) is 27.2 Å². The van der Waals surface area contributed by atoms with Gasteiger partial charge in [-0.2, -0.15) is 0 Å². The highest BCUT2D eigenvalue weighted by atomic mass is 35.5. The van der Waals surface area contributed by atoms with Crippen LogP contribution in [0.3, 0.4) is 0 Å². The molecule has 0 aliphatic carbocycles. The van der Waals surface area contributed by atoms with Gasteiger partial charge >= 0.3 is 0 Å². The van der Waals surface area contributed by atoms with Gasteiger partial charge in [0.25, 0.3) is 0 Å². The van der Waals surface area contributed by atoms with Crippen molar-refractivity contribution in [2.24, 2.45) is 10.9 Å². The van der Waals surface area contributed by atoms with Crippen LogP contribution in [0.25, 0.3) is 5.57 Å². The summed E-state index contributed by atoms with van der Waals surface area (Å²) in [6, 6.07) is 6.03. The first kappa shape index (κ1) is 34.0. The molecule has 222 valence electrons. The maximum atomic E-state index is 6.21. The molecule has 1 aromatic rings. The van der Waals surface area contributed by atoms with Crippen LogP contribution in [0.1, 0.15) is 84.3 Å². The number of rotatable bonds is 15. The van der Waals surface area contributed by atoms with Gasteiger partial charge in [0.1, 0.15) is 17.4 Å². The largest absolute Gasteiger partial charge is 0.387 e. The summed E-state index contributed by atoms with van der Waals surface area (Å²) in [5.74, 6) is 8.93. The van der Waals surface area contributed by atoms with Crippen molar-refractivity contribution in [1.29, 1.82) is 0 Å². The summed E-state index contributed by atoms with van der Waals surface area (Å²) in [4.78, 5) is 9.41. The molecular weight excluding hydrogens is 524 g/mol. The van der Waals surface area contributed by atoms with Crippen molar-refractivity contribution in [3.05, 3.63) is 88.6 Å². The Labute approximate surface area is 255 Å². The second-order valence-electron chi connectivity index (χ2n) is 11.1. The Kier molecular flexibility index (Phi) is 14.1. The van der Waals surface area contributed by atoms with Gasteiger partial charge in [0.2, 0.25) is 0 Å². The Hall–Kier alpha value is -3.16. The summed E-state index contributed by atoms with van der Waals surface area (Å²) in [6.45, 7) is 25.1. The fourth-order valence-electron chi connectivity index (χ4n) is 4.94. The Bertz CT molecular complexity index is 1250. The molecule has 2 rings (SSSR count). The van der Waals surface area contributed by atoms with Crippen LogP contribution in [-0.4, -0.2) is 42.7 Å². The molecule has 1 atom stereocenters. The Morgan fingerprint density at radius 1 is 1.22 bits per heavy atom. The lowest BCUT2D eigenvalue weighted by molar-refractivity contribution is 0.297.